The summed E-state index contributed by atoms with van der Waals surface area (Å²) in [5.41, 5.74) is 0.707. The zero-order chi connectivity index (χ0) is 16.9. The quantitative estimate of drug-likeness (QED) is 0.754. The van der Waals surface area contributed by atoms with Gasteiger partial charge in [-0.25, -0.2) is 4.98 Å². The second-order valence-corrected chi connectivity index (χ2v) is 7.53. The maximum absolute atomic E-state index is 12.4. The third-order valence-electron chi connectivity index (χ3n) is 4.03. The molecule has 6 nitrogen and oxygen atoms in total. The van der Waals surface area contributed by atoms with Gasteiger partial charge < -0.3 is 10.2 Å². The lowest BCUT2D eigenvalue weighted by molar-refractivity contribution is -0.131. The molecule has 1 fully saturated rings. The highest BCUT2D eigenvalue weighted by Crippen LogP contribution is 2.19. The van der Waals surface area contributed by atoms with Gasteiger partial charge in [-0.1, -0.05) is 6.07 Å². The number of thiophene rings is 1. The largest absolute Gasteiger partial charge is 0.341 e. The lowest BCUT2D eigenvalue weighted by Crippen LogP contribution is -2.47. The number of anilines is 1. The lowest BCUT2D eigenvalue weighted by atomic mass is 10.1. The molecule has 2 aromatic heterocycles. The zero-order valence-corrected chi connectivity index (χ0v) is 17.5. The maximum atomic E-state index is 12.4. The van der Waals surface area contributed by atoms with Crippen LogP contribution in [0.3, 0.4) is 0 Å². The number of rotatable bonds is 5. The number of thiazole rings is 1. The average Bonchev–Trinajstić information content (AvgIpc) is 3.27. The van der Waals surface area contributed by atoms with Crippen molar-refractivity contribution in [1.29, 1.82) is 0 Å². The molecule has 2 amide bonds. The molecule has 26 heavy (non-hydrogen) atoms. The van der Waals surface area contributed by atoms with Crippen molar-refractivity contribution in [2.24, 2.45) is 0 Å². The van der Waals surface area contributed by atoms with E-state index >= 15 is 0 Å². The second-order valence-electron chi connectivity index (χ2n) is 5.72. The van der Waals surface area contributed by atoms with E-state index in [0.29, 0.717) is 21.7 Å². The summed E-state index contributed by atoms with van der Waals surface area (Å²) in [5, 5.41) is 10.2. The number of hydrogen-bond donors (Lipinski definition) is 2. The number of nitrogens with one attached hydrogen (secondary N) is 2. The van der Waals surface area contributed by atoms with E-state index < -0.39 is 0 Å². The molecular formula is C16H22Cl2N4O2S2. The lowest BCUT2D eigenvalue weighted by Gasteiger charge is -2.32. The molecule has 3 rings (SSSR count). The highest BCUT2D eigenvalue weighted by Gasteiger charge is 2.23. The number of carbonyl (C=O) groups excluding carboxylic acids is 2. The van der Waals surface area contributed by atoms with E-state index in [9.17, 15) is 9.59 Å². The van der Waals surface area contributed by atoms with Gasteiger partial charge in [0.1, 0.15) is 0 Å². The minimum atomic E-state index is -0.162. The molecule has 1 saturated heterocycles. The van der Waals surface area contributed by atoms with Crippen LogP contribution in [0, 0.1) is 0 Å². The molecule has 0 aromatic carbocycles. The van der Waals surface area contributed by atoms with Crippen LogP contribution in [0.4, 0.5) is 5.13 Å². The van der Waals surface area contributed by atoms with Gasteiger partial charge in [-0.15, -0.1) is 47.5 Å². The third-order valence-corrected chi connectivity index (χ3v) is 5.71. The smallest absolute Gasteiger partial charge is 0.267 e. The summed E-state index contributed by atoms with van der Waals surface area (Å²) >= 11 is 2.73. The van der Waals surface area contributed by atoms with Crippen LogP contribution in [-0.4, -0.2) is 47.9 Å². The van der Waals surface area contributed by atoms with Crippen LogP contribution in [0.15, 0.2) is 22.9 Å². The molecule has 3 heterocycles. The standard InChI is InChI=1S/C16H20N4O2S2.2ClH/c1-17-11-4-2-6-20(9-11)14(21)8-12-10-24-16(18-12)19-15(22)13-5-3-7-23-13;;/h3,5,7,10-11,17H,2,4,6,8-9H2,1H3,(H,18,19,22);2*1H. The summed E-state index contributed by atoms with van der Waals surface area (Å²) in [7, 11) is 1.93. The molecule has 1 unspecified atom stereocenters. The van der Waals surface area contributed by atoms with E-state index in [1.165, 1.54) is 22.7 Å². The maximum Gasteiger partial charge on any atom is 0.267 e. The van der Waals surface area contributed by atoms with Gasteiger partial charge in [0, 0.05) is 24.5 Å². The molecule has 1 aliphatic heterocycles. The van der Waals surface area contributed by atoms with E-state index in [0.717, 1.165) is 25.9 Å². The summed E-state index contributed by atoms with van der Waals surface area (Å²) in [6.45, 7) is 1.56. The highest BCUT2D eigenvalue weighted by molar-refractivity contribution is 7.14. The van der Waals surface area contributed by atoms with Gasteiger partial charge in [0.15, 0.2) is 5.13 Å². The van der Waals surface area contributed by atoms with Crippen LogP contribution < -0.4 is 10.6 Å². The molecule has 10 heteroatoms. The number of carbonyl (C=O) groups is 2. The van der Waals surface area contributed by atoms with Crippen LogP contribution in [0.5, 0.6) is 0 Å². The van der Waals surface area contributed by atoms with Gasteiger partial charge in [-0.2, -0.15) is 0 Å². The number of piperidine rings is 1. The monoisotopic (exact) mass is 436 g/mol. The Bertz CT molecular complexity index is 709. The number of nitrogens with zero attached hydrogens (tertiary/aromatic N) is 2. The van der Waals surface area contributed by atoms with Crippen LogP contribution in [0.2, 0.25) is 0 Å². The predicted molar refractivity (Wildman–Crippen MR) is 111 cm³/mol. The Kier molecular flexibility index (Phi) is 9.52. The number of likely N-dealkylation sites (tertiary alicyclic amines) is 1. The van der Waals surface area contributed by atoms with E-state index in [1.54, 1.807) is 6.07 Å². The molecule has 144 valence electrons. The van der Waals surface area contributed by atoms with E-state index in [4.69, 9.17) is 0 Å². The first-order valence-corrected chi connectivity index (χ1v) is 9.66. The molecule has 0 radical (unpaired) electrons. The Morgan fingerprint density at radius 2 is 2.15 bits per heavy atom. The number of amides is 2. The molecule has 0 bridgehead atoms. The van der Waals surface area contributed by atoms with Crippen LogP contribution >= 0.6 is 47.5 Å². The molecule has 2 N–H and O–H groups in total. The van der Waals surface area contributed by atoms with Crippen molar-refractivity contribution in [2.75, 3.05) is 25.5 Å². The Balaban J connectivity index is 0.00000169. The molecule has 2 aromatic rings. The van der Waals surface area contributed by atoms with Gasteiger partial charge in [0.25, 0.3) is 5.91 Å². The summed E-state index contributed by atoms with van der Waals surface area (Å²) in [6, 6.07) is 3.98. The Hall–Kier alpha value is -1.19. The average molecular weight is 437 g/mol. The minimum absolute atomic E-state index is 0. The fourth-order valence-electron chi connectivity index (χ4n) is 2.72. The molecular weight excluding hydrogens is 415 g/mol. The predicted octanol–water partition coefficient (Wildman–Crippen LogP) is 3.05. The first kappa shape index (κ1) is 22.9. The Morgan fingerprint density at radius 3 is 2.85 bits per heavy atom. The topological polar surface area (TPSA) is 74.3 Å². The summed E-state index contributed by atoms with van der Waals surface area (Å²) in [6.07, 6.45) is 2.41. The highest BCUT2D eigenvalue weighted by atomic mass is 35.5. The first-order chi connectivity index (χ1) is 11.7. The summed E-state index contributed by atoms with van der Waals surface area (Å²) in [5.74, 6) is -0.0681. The van der Waals surface area contributed by atoms with Crippen molar-refractivity contribution in [3.8, 4) is 0 Å². The van der Waals surface area contributed by atoms with Crippen LogP contribution in [-0.2, 0) is 11.2 Å². The van der Waals surface area contributed by atoms with Gasteiger partial charge in [-0.3, -0.25) is 14.9 Å². The van der Waals surface area contributed by atoms with Crippen molar-refractivity contribution in [3.63, 3.8) is 0 Å². The van der Waals surface area contributed by atoms with Gasteiger partial charge in [0.05, 0.1) is 17.0 Å². The Labute approximate surface area is 173 Å². The van der Waals surface area contributed by atoms with Gasteiger partial charge in [0.2, 0.25) is 5.91 Å². The summed E-state index contributed by atoms with van der Waals surface area (Å²) in [4.78, 5) is 31.3. The normalized spacial score (nSPS) is 16.3. The van der Waals surface area contributed by atoms with Crippen molar-refractivity contribution < 1.29 is 9.59 Å². The van der Waals surface area contributed by atoms with E-state index in [1.807, 2.05) is 28.8 Å². The third kappa shape index (κ3) is 5.92. The Morgan fingerprint density at radius 1 is 1.35 bits per heavy atom. The first-order valence-electron chi connectivity index (χ1n) is 7.90. The van der Waals surface area contributed by atoms with Gasteiger partial charge >= 0.3 is 0 Å². The number of likely N-dealkylation sites (N-methyl/N-ethyl adjacent to an activating group) is 1. The number of aromatic nitrogens is 1. The summed E-state index contributed by atoms with van der Waals surface area (Å²) < 4.78 is 0. The second kappa shape index (κ2) is 10.8. The van der Waals surface area contributed by atoms with Crippen LogP contribution in [0.25, 0.3) is 0 Å². The van der Waals surface area contributed by atoms with Crippen molar-refractivity contribution in [2.45, 2.75) is 25.3 Å². The number of halogens is 2. The van der Waals surface area contributed by atoms with Crippen LogP contribution in [0.1, 0.15) is 28.2 Å². The van der Waals surface area contributed by atoms with E-state index in [-0.39, 0.29) is 43.0 Å². The van der Waals surface area contributed by atoms with E-state index in [2.05, 4.69) is 15.6 Å². The fraction of sp³-hybridized carbons (Fsp3) is 0.438. The van der Waals surface area contributed by atoms with Crippen molar-refractivity contribution in [1.82, 2.24) is 15.2 Å². The fourth-order valence-corrected chi connectivity index (χ4v) is 4.04. The molecule has 0 saturated carbocycles. The van der Waals surface area contributed by atoms with Gasteiger partial charge in [-0.05, 0) is 31.3 Å². The number of hydrogen-bond acceptors (Lipinski definition) is 6. The molecule has 0 spiro atoms. The SMILES string of the molecule is CNC1CCCN(C(=O)Cc2csc(NC(=O)c3cccs3)n2)C1.Cl.Cl. The minimum Gasteiger partial charge on any atom is -0.341 e. The van der Waals surface area contributed by atoms with Crippen molar-refractivity contribution >= 4 is 64.4 Å². The molecule has 1 aliphatic rings. The van der Waals surface area contributed by atoms with Crippen molar-refractivity contribution in [3.05, 3.63) is 33.5 Å². The molecule has 0 aliphatic carbocycles. The zero-order valence-electron chi connectivity index (χ0n) is 14.3. The molecule has 1 atom stereocenters.